The smallest absolute Gasteiger partial charge is 0.207 e. The van der Waals surface area contributed by atoms with Crippen molar-refractivity contribution in [3.63, 3.8) is 0 Å². The zero-order valence-corrected chi connectivity index (χ0v) is 8.18. The molecule has 0 heterocycles. The number of alkyl halides is 3. The fraction of sp³-hybridized carbons (Fsp3) is 0.333. The monoisotopic (exact) mass is 224 g/mol. The Labute approximate surface area is 83.3 Å². The Morgan fingerprint density at radius 3 is 2.36 bits per heavy atom. The maximum Gasteiger partial charge on any atom is 0.416 e. The summed E-state index contributed by atoms with van der Waals surface area (Å²) in [6.45, 7) is 0. The summed E-state index contributed by atoms with van der Waals surface area (Å²) in [5.74, 6) is -0.468. The van der Waals surface area contributed by atoms with Crippen LogP contribution in [-0.4, -0.2) is 6.26 Å². The molecule has 5 heteroatoms. The Morgan fingerprint density at radius 2 is 1.86 bits per heavy atom. The summed E-state index contributed by atoms with van der Waals surface area (Å²) in [5.41, 5.74) is -0.577. The van der Waals surface area contributed by atoms with E-state index in [1.807, 2.05) is 0 Å². The van der Waals surface area contributed by atoms with Gasteiger partial charge in [0, 0.05) is 5.75 Å². The molecule has 0 amide bonds. The van der Waals surface area contributed by atoms with Gasteiger partial charge in [-0.3, -0.25) is 0 Å². The minimum Gasteiger partial charge on any atom is -0.207 e. The average molecular weight is 224 g/mol. The third-order valence-corrected chi connectivity index (χ3v) is 2.22. The Kier molecular flexibility index (Phi) is 3.42. The van der Waals surface area contributed by atoms with E-state index in [0.29, 0.717) is 17.4 Å². The van der Waals surface area contributed by atoms with Gasteiger partial charge in [-0.1, -0.05) is 0 Å². The van der Waals surface area contributed by atoms with Crippen molar-refractivity contribution >= 4 is 11.8 Å². The fourth-order valence-corrected chi connectivity index (χ4v) is 1.56. The van der Waals surface area contributed by atoms with E-state index in [0.717, 1.165) is 12.1 Å². The molecule has 0 saturated carbocycles. The summed E-state index contributed by atoms with van der Waals surface area (Å²) in [4.78, 5) is 0. The van der Waals surface area contributed by atoms with Crippen LogP contribution in [0.15, 0.2) is 18.2 Å². The van der Waals surface area contributed by atoms with Crippen LogP contribution >= 0.6 is 11.8 Å². The molecule has 0 aliphatic rings. The first-order valence-electron chi connectivity index (χ1n) is 3.79. The van der Waals surface area contributed by atoms with Crippen molar-refractivity contribution in [1.29, 1.82) is 0 Å². The second-order valence-electron chi connectivity index (χ2n) is 2.78. The van der Waals surface area contributed by atoms with Crippen molar-refractivity contribution in [2.75, 3.05) is 6.26 Å². The van der Waals surface area contributed by atoms with Gasteiger partial charge >= 0.3 is 6.18 Å². The van der Waals surface area contributed by atoms with Crippen LogP contribution in [0.2, 0.25) is 0 Å². The van der Waals surface area contributed by atoms with Crippen LogP contribution in [0.4, 0.5) is 17.6 Å². The lowest BCUT2D eigenvalue weighted by molar-refractivity contribution is -0.137. The second-order valence-corrected chi connectivity index (χ2v) is 3.64. The molecule has 0 spiro atoms. The molecule has 0 saturated heterocycles. The first-order chi connectivity index (χ1) is 6.43. The Bertz CT molecular complexity index is 319. The van der Waals surface area contributed by atoms with Gasteiger partial charge in [0.1, 0.15) is 5.82 Å². The molecule has 1 aromatic carbocycles. The number of benzene rings is 1. The van der Waals surface area contributed by atoms with Crippen LogP contribution in [0.3, 0.4) is 0 Å². The molecule has 0 radical (unpaired) electrons. The highest BCUT2D eigenvalue weighted by Gasteiger charge is 2.31. The molecule has 0 N–H and O–H groups in total. The fourth-order valence-electron chi connectivity index (χ4n) is 1.06. The third kappa shape index (κ3) is 2.90. The van der Waals surface area contributed by atoms with Gasteiger partial charge < -0.3 is 0 Å². The average Bonchev–Trinajstić information content (AvgIpc) is 2.02. The van der Waals surface area contributed by atoms with Gasteiger partial charge in [0.25, 0.3) is 0 Å². The molecule has 0 aromatic heterocycles. The van der Waals surface area contributed by atoms with Gasteiger partial charge in [-0.05, 0) is 30.0 Å². The molecule has 0 fully saturated rings. The van der Waals surface area contributed by atoms with Crippen molar-refractivity contribution in [1.82, 2.24) is 0 Å². The molecule has 0 aliphatic heterocycles. The highest BCUT2D eigenvalue weighted by molar-refractivity contribution is 7.97. The third-order valence-electron chi connectivity index (χ3n) is 1.60. The van der Waals surface area contributed by atoms with E-state index >= 15 is 0 Å². The maximum atomic E-state index is 12.8. The van der Waals surface area contributed by atoms with E-state index in [4.69, 9.17) is 0 Å². The molecule has 1 rings (SSSR count). The van der Waals surface area contributed by atoms with Crippen LogP contribution in [0.25, 0.3) is 0 Å². The number of halogens is 4. The van der Waals surface area contributed by atoms with Crippen LogP contribution in [-0.2, 0) is 11.9 Å². The molecule has 0 atom stereocenters. The topological polar surface area (TPSA) is 0 Å². The van der Waals surface area contributed by atoms with Gasteiger partial charge in [-0.25, -0.2) is 4.39 Å². The van der Waals surface area contributed by atoms with E-state index in [9.17, 15) is 17.6 Å². The van der Waals surface area contributed by atoms with Crippen molar-refractivity contribution in [3.05, 3.63) is 35.1 Å². The summed E-state index contributed by atoms with van der Waals surface area (Å²) in [5, 5.41) is 0. The van der Waals surface area contributed by atoms with Crippen LogP contribution in [0.5, 0.6) is 0 Å². The largest absolute Gasteiger partial charge is 0.416 e. The highest BCUT2D eigenvalue weighted by atomic mass is 32.2. The molecule has 0 aliphatic carbocycles. The summed E-state index contributed by atoms with van der Waals surface area (Å²) in [6, 6.07) is 2.59. The molecule has 1 aromatic rings. The normalized spacial score (nSPS) is 11.8. The predicted octanol–water partition coefficient (Wildman–Crippen LogP) is 3.71. The summed E-state index contributed by atoms with van der Waals surface area (Å²) < 4.78 is 49.4. The van der Waals surface area contributed by atoms with Crippen molar-refractivity contribution in [2.24, 2.45) is 0 Å². The minimum atomic E-state index is -4.48. The first kappa shape index (κ1) is 11.4. The predicted molar refractivity (Wildman–Crippen MR) is 48.6 cm³/mol. The first-order valence-corrected chi connectivity index (χ1v) is 5.18. The van der Waals surface area contributed by atoms with Gasteiger partial charge in [0.05, 0.1) is 5.56 Å². The van der Waals surface area contributed by atoms with E-state index in [1.54, 1.807) is 6.26 Å². The Hall–Kier alpha value is -0.710. The van der Waals surface area contributed by atoms with Crippen molar-refractivity contribution in [3.8, 4) is 0 Å². The van der Waals surface area contributed by atoms with Crippen molar-refractivity contribution in [2.45, 2.75) is 11.9 Å². The summed E-state index contributed by atoms with van der Waals surface area (Å²) in [7, 11) is 0. The highest BCUT2D eigenvalue weighted by Crippen LogP contribution is 2.30. The molecular weight excluding hydrogens is 216 g/mol. The lowest BCUT2D eigenvalue weighted by Crippen LogP contribution is -2.06. The lowest BCUT2D eigenvalue weighted by atomic mass is 10.1. The van der Waals surface area contributed by atoms with Gasteiger partial charge in [-0.15, -0.1) is 0 Å². The zero-order valence-electron chi connectivity index (χ0n) is 7.36. The molecule has 0 bridgehead atoms. The van der Waals surface area contributed by atoms with Gasteiger partial charge in [0.2, 0.25) is 0 Å². The Morgan fingerprint density at radius 1 is 1.21 bits per heavy atom. The van der Waals surface area contributed by atoms with E-state index in [-0.39, 0.29) is 0 Å². The van der Waals surface area contributed by atoms with Gasteiger partial charge in [-0.2, -0.15) is 24.9 Å². The zero-order chi connectivity index (χ0) is 10.8. The number of thioether (sulfide) groups is 1. The minimum absolute atomic E-state index is 0.352. The van der Waals surface area contributed by atoms with Crippen LogP contribution in [0.1, 0.15) is 11.1 Å². The van der Waals surface area contributed by atoms with E-state index in [2.05, 4.69) is 0 Å². The molecular formula is C9H8F4S. The Balaban J connectivity index is 3.07. The SMILES string of the molecule is CSCc1cc(F)cc(C(F)(F)F)c1. The molecule has 14 heavy (non-hydrogen) atoms. The summed E-state index contributed by atoms with van der Waals surface area (Å²) in [6.07, 6.45) is -2.73. The lowest BCUT2D eigenvalue weighted by Gasteiger charge is -2.08. The summed E-state index contributed by atoms with van der Waals surface area (Å²) >= 11 is 1.35. The van der Waals surface area contributed by atoms with Crippen LogP contribution < -0.4 is 0 Å². The quantitative estimate of drug-likeness (QED) is 0.690. The molecule has 0 nitrogen and oxygen atoms in total. The molecule has 78 valence electrons. The van der Waals surface area contributed by atoms with E-state index in [1.165, 1.54) is 11.8 Å². The van der Waals surface area contributed by atoms with Crippen molar-refractivity contribution < 1.29 is 17.6 Å². The number of hydrogen-bond acceptors (Lipinski definition) is 1. The molecule has 0 unspecified atom stereocenters. The second kappa shape index (κ2) is 4.21. The number of hydrogen-bond donors (Lipinski definition) is 0. The maximum absolute atomic E-state index is 12.8. The van der Waals surface area contributed by atoms with Gasteiger partial charge in [0.15, 0.2) is 0 Å². The number of rotatable bonds is 2. The van der Waals surface area contributed by atoms with Crippen LogP contribution in [0, 0.1) is 5.82 Å². The standard InChI is InChI=1S/C9H8F4S/c1-14-5-6-2-7(9(11,12)13)4-8(10)3-6/h2-4H,5H2,1H3. The van der Waals surface area contributed by atoms with E-state index < -0.39 is 17.6 Å².